The molecule has 0 aromatic heterocycles. The molecule has 1 aromatic carbocycles. The summed E-state index contributed by atoms with van der Waals surface area (Å²) in [5, 5.41) is 9.39. The predicted octanol–water partition coefficient (Wildman–Crippen LogP) is 0.785. The number of amides is 1. The van der Waals surface area contributed by atoms with Gasteiger partial charge in [-0.2, -0.15) is 0 Å². The molecule has 0 aliphatic heterocycles. The number of hydrazine groups is 1. The summed E-state index contributed by atoms with van der Waals surface area (Å²) in [6.07, 6.45) is 0.874. The number of phenolic OH excluding ortho intramolecular Hbond substituents is 1. The first kappa shape index (κ1) is 11.3. The third-order valence-electron chi connectivity index (χ3n) is 1.82. The quantitative estimate of drug-likeness (QED) is 0.389. The van der Waals surface area contributed by atoms with E-state index >= 15 is 0 Å². The Labute approximate surface area is 87.8 Å². The molecular formula is C10H14N2O3. The van der Waals surface area contributed by atoms with Crippen LogP contribution in [0, 0.1) is 0 Å². The highest BCUT2D eigenvalue weighted by Gasteiger charge is 2.10. The van der Waals surface area contributed by atoms with Gasteiger partial charge in [0, 0.05) is 0 Å². The molecule has 0 fully saturated rings. The van der Waals surface area contributed by atoms with Gasteiger partial charge in [-0.1, -0.05) is 6.92 Å². The van der Waals surface area contributed by atoms with Crippen LogP contribution in [0.4, 0.5) is 0 Å². The fraction of sp³-hybridized carbons (Fsp3) is 0.300. The maximum absolute atomic E-state index is 11.2. The van der Waals surface area contributed by atoms with Crippen LogP contribution in [0.3, 0.4) is 0 Å². The van der Waals surface area contributed by atoms with Gasteiger partial charge in [0.25, 0.3) is 5.91 Å². The minimum Gasteiger partial charge on any atom is -0.507 e. The SMILES string of the molecule is CCCOc1ccc(O)c(C(=O)NN)c1. The number of nitrogens with one attached hydrogen (secondary N) is 1. The summed E-state index contributed by atoms with van der Waals surface area (Å²) in [7, 11) is 0. The molecule has 0 saturated carbocycles. The Morgan fingerprint density at radius 2 is 2.33 bits per heavy atom. The zero-order valence-corrected chi connectivity index (χ0v) is 8.49. The van der Waals surface area contributed by atoms with E-state index in [4.69, 9.17) is 10.6 Å². The molecule has 0 saturated heterocycles. The number of hydrogen-bond acceptors (Lipinski definition) is 4. The van der Waals surface area contributed by atoms with Crippen LogP contribution in [-0.2, 0) is 0 Å². The van der Waals surface area contributed by atoms with Crippen molar-refractivity contribution in [3.8, 4) is 11.5 Å². The van der Waals surface area contributed by atoms with Gasteiger partial charge in [-0.3, -0.25) is 10.2 Å². The number of aromatic hydroxyl groups is 1. The highest BCUT2D eigenvalue weighted by atomic mass is 16.5. The Bertz CT molecular complexity index is 353. The first-order valence-electron chi connectivity index (χ1n) is 4.65. The molecule has 5 nitrogen and oxygen atoms in total. The van der Waals surface area contributed by atoms with Crippen LogP contribution >= 0.6 is 0 Å². The van der Waals surface area contributed by atoms with Gasteiger partial charge < -0.3 is 9.84 Å². The summed E-state index contributed by atoms with van der Waals surface area (Å²) in [5.74, 6) is 4.84. The lowest BCUT2D eigenvalue weighted by molar-refractivity contribution is 0.0950. The molecule has 1 amide bonds. The van der Waals surface area contributed by atoms with Crippen molar-refractivity contribution < 1.29 is 14.6 Å². The molecule has 15 heavy (non-hydrogen) atoms. The Morgan fingerprint density at radius 3 is 2.93 bits per heavy atom. The van der Waals surface area contributed by atoms with E-state index in [9.17, 15) is 9.90 Å². The number of rotatable bonds is 4. The molecule has 0 unspecified atom stereocenters. The molecule has 0 heterocycles. The first-order valence-corrected chi connectivity index (χ1v) is 4.65. The van der Waals surface area contributed by atoms with E-state index in [2.05, 4.69) is 0 Å². The second-order valence-electron chi connectivity index (χ2n) is 3.00. The average molecular weight is 210 g/mol. The Kier molecular flexibility index (Phi) is 3.93. The minimum atomic E-state index is -0.547. The second kappa shape index (κ2) is 5.21. The van der Waals surface area contributed by atoms with Gasteiger partial charge in [0.2, 0.25) is 0 Å². The molecule has 0 radical (unpaired) electrons. The lowest BCUT2D eigenvalue weighted by Gasteiger charge is -2.07. The Balaban J connectivity index is 2.89. The molecule has 0 spiro atoms. The second-order valence-corrected chi connectivity index (χ2v) is 3.00. The van der Waals surface area contributed by atoms with Crippen LogP contribution in [0.25, 0.3) is 0 Å². The molecule has 1 rings (SSSR count). The number of hydrogen-bond donors (Lipinski definition) is 3. The molecule has 82 valence electrons. The lowest BCUT2D eigenvalue weighted by atomic mass is 10.2. The summed E-state index contributed by atoms with van der Waals surface area (Å²) < 4.78 is 5.31. The van der Waals surface area contributed by atoms with Gasteiger partial charge in [-0.05, 0) is 24.6 Å². The third-order valence-corrected chi connectivity index (χ3v) is 1.82. The number of ether oxygens (including phenoxy) is 1. The lowest BCUT2D eigenvalue weighted by Crippen LogP contribution is -2.30. The van der Waals surface area contributed by atoms with E-state index in [1.165, 1.54) is 12.1 Å². The van der Waals surface area contributed by atoms with Crippen molar-refractivity contribution >= 4 is 5.91 Å². The van der Waals surface area contributed by atoms with Crippen molar-refractivity contribution in [2.45, 2.75) is 13.3 Å². The van der Waals surface area contributed by atoms with Crippen LogP contribution in [0.2, 0.25) is 0 Å². The zero-order valence-electron chi connectivity index (χ0n) is 8.49. The number of benzene rings is 1. The van der Waals surface area contributed by atoms with Crippen LogP contribution in [0.15, 0.2) is 18.2 Å². The molecule has 4 N–H and O–H groups in total. The zero-order chi connectivity index (χ0) is 11.3. The minimum absolute atomic E-state index is 0.103. The molecule has 5 heteroatoms. The fourth-order valence-electron chi connectivity index (χ4n) is 1.08. The van der Waals surface area contributed by atoms with E-state index in [-0.39, 0.29) is 11.3 Å². The van der Waals surface area contributed by atoms with E-state index < -0.39 is 5.91 Å². The molecule has 1 aromatic rings. The normalized spacial score (nSPS) is 9.73. The van der Waals surface area contributed by atoms with Gasteiger partial charge in [0.1, 0.15) is 11.5 Å². The predicted molar refractivity (Wildman–Crippen MR) is 55.5 cm³/mol. The summed E-state index contributed by atoms with van der Waals surface area (Å²) >= 11 is 0. The van der Waals surface area contributed by atoms with Crippen molar-refractivity contribution in [3.05, 3.63) is 23.8 Å². The fourth-order valence-corrected chi connectivity index (χ4v) is 1.08. The first-order chi connectivity index (χ1) is 7.19. The van der Waals surface area contributed by atoms with E-state index in [1.54, 1.807) is 6.07 Å². The average Bonchev–Trinajstić information content (AvgIpc) is 2.27. The number of nitrogen functional groups attached to an aromatic ring is 1. The van der Waals surface area contributed by atoms with E-state index in [1.807, 2.05) is 12.3 Å². The molecule has 0 atom stereocenters. The largest absolute Gasteiger partial charge is 0.507 e. The van der Waals surface area contributed by atoms with E-state index in [0.29, 0.717) is 12.4 Å². The highest BCUT2D eigenvalue weighted by Crippen LogP contribution is 2.22. The number of nitrogens with two attached hydrogens (primary N) is 1. The van der Waals surface area contributed by atoms with Crippen LogP contribution in [0.1, 0.15) is 23.7 Å². The smallest absolute Gasteiger partial charge is 0.269 e. The Morgan fingerprint density at radius 1 is 1.60 bits per heavy atom. The van der Waals surface area contributed by atoms with Gasteiger partial charge >= 0.3 is 0 Å². The summed E-state index contributed by atoms with van der Waals surface area (Å²) in [5.41, 5.74) is 2.05. The maximum atomic E-state index is 11.2. The molecule has 0 aliphatic carbocycles. The van der Waals surface area contributed by atoms with Gasteiger partial charge in [-0.25, -0.2) is 5.84 Å². The maximum Gasteiger partial charge on any atom is 0.269 e. The number of carbonyl (C=O) groups excluding carboxylic acids is 1. The molecular weight excluding hydrogens is 196 g/mol. The van der Waals surface area contributed by atoms with Crippen molar-refractivity contribution in [1.82, 2.24) is 5.43 Å². The number of phenols is 1. The van der Waals surface area contributed by atoms with Crippen molar-refractivity contribution in [2.75, 3.05) is 6.61 Å². The van der Waals surface area contributed by atoms with Gasteiger partial charge in [0.05, 0.1) is 12.2 Å². The Hall–Kier alpha value is -1.75. The van der Waals surface area contributed by atoms with Gasteiger partial charge in [-0.15, -0.1) is 0 Å². The van der Waals surface area contributed by atoms with Crippen LogP contribution < -0.4 is 16.0 Å². The molecule has 0 bridgehead atoms. The van der Waals surface area contributed by atoms with Crippen molar-refractivity contribution in [3.63, 3.8) is 0 Å². The third kappa shape index (κ3) is 2.85. The highest BCUT2D eigenvalue weighted by molar-refractivity contribution is 5.96. The number of carbonyl (C=O) groups is 1. The van der Waals surface area contributed by atoms with Crippen LogP contribution in [0.5, 0.6) is 11.5 Å². The topological polar surface area (TPSA) is 84.6 Å². The summed E-state index contributed by atoms with van der Waals surface area (Å²) in [6, 6.07) is 4.45. The summed E-state index contributed by atoms with van der Waals surface area (Å²) in [6.45, 7) is 2.54. The van der Waals surface area contributed by atoms with Crippen molar-refractivity contribution in [1.29, 1.82) is 0 Å². The summed E-state index contributed by atoms with van der Waals surface area (Å²) in [4.78, 5) is 11.2. The van der Waals surface area contributed by atoms with Crippen molar-refractivity contribution in [2.24, 2.45) is 5.84 Å². The van der Waals surface area contributed by atoms with Gasteiger partial charge in [0.15, 0.2) is 0 Å². The molecule has 0 aliphatic rings. The standard InChI is InChI=1S/C10H14N2O3/c1-2-5-15-7-3-4-9(13)8(6-7)10(14)12-11/h3-4,6,13H,2,5,11H2,1H3,(H,12,14). The monoisotopic (exact) mass is 210 g/mol. The van der Waals surface area contributed by atoms with Crippen LogP contribution in [-0.4, -0.2) is 17.6 Å². The van der Waals surface area contributed by atoms with E-state index in [0.717, 1.165) is 6.42 Å².